The predicted octanol–water partition coefficient (Wildman–Crippen LogP) is 0.882. The number of fused-ring (bicyclic) bond motifs is 2. The standard InChI is InChI=1S/C20H23N5O3S/c26-18-16-13-24(19-21-9-4-10-22-19)14-17(16)20(23-18)7-11-25(12-8-20)29(27,28)15-5-2-1-3-6-15/h1-6,9-10,16-17H,7-8,11-14H2,(H,23,26)/t16-,17+/m0/s1. The third kappa shape index (κ3) is 3.00. The Hall–Kier alpha value is -2.52. The molecule has 1 N–H and O–H groups in total. The van der Waals surface area contributed by atoms with Crippen LogP contribution >= 0.6 is 0 Å². The van der Waals surface area contributed by atoms with Crippen molar-refractivity contribution in [3.63, 3.8) is 0 Å². The van der Waals surface area contributed by atoms with Crippen LogP contribution in [0.3, 0.4) is 0 Å². The monoisotopic (exact) mass is 413 g/mol. The summed E-state index contributed by atoms with van der Waals surface area (Å²) in [5, 5.41) is 3.23. The molecule has 9 heteroatoms. The first-order chi connectivity index (χ1) is 14.0. The first kappa shape index (κ1) is 18.5. The minimum Gasteiger partial charge on any atom is -0.350 e. The fourth-order valence-corrected chi connectivity index (χ4v) is 6.50. The summed E-state index contributed by atoms with van der Waals surface area (Å²) in [4.78, 5) is 23.7. The maximum atomic E-state index is 12.9. The van der Waals surface area contributed by atoms with E-state index in [2.05, 4.69) is 20.2 Å². The summed E-state index contributed by atoms with van der Waals surface area (Å²) in [6.07, 6.45) is 4.66. The molecule has 1 aromatic heterocycles. The predicted molar refractivity (Wildman–Crippen MR) is 107 cm³/mol. The number of anilines is 1. The molecule has 3 aliphatic rings. The van der Waals surface area contributed by atoms with Gasteiger partial charge in [0.1, 0.15) is 0 Å². The van der Waals surface area contributed by atoms with Crippen LogP contribution in [0.25, 0.3) is 0 Å². The van der Waals surface area contributed by atoms with Crippen LogP contribution in [0.1, 0.15) is 12.8 Å². The minimum atomic E-state index is -3.51. The number of hydrogen-bond acceptors (Lipinski definition) is 6. The van der Waals surface area contributed by atoms with E-state index in [0.717, 1.165) is 0 Å². The molecule has 1 spiro atoms. The SMILES string of the molecule is O=C1NC2(CCN(S(=O)(=O)c3ccccc3)CC2)[C@@H]2CN(c3ncccn3)C[C@H]12. The van der Waals surface area contributed by atoms with Crippen molar-refractivity contribution in [3.05, 3.63) is 48.8 Å². The summed E-state index contributed by atoms with van der Waals surface area (Å²) < 4.78 is 27.4. The van der Waals surface area contributed by atoms with Gasteiger partial charge in [-0.1, -0.05) is 18.2 Å². The van der Waals surface area contributed by atoms with E-state index in [0.29, 0.717) is 49.9 Å². The first-order valence-electron chi connectivity index (χ1n) is 9.89. The van der Waals surface area contributed by atoms with E-state index in [-0.39, 0.29) is 23.3 Å². The number of aromatic nitrogens is 2. The molecule has 1 aromatic carbocycles. The topological polar surface area (TPSA) is 95.5 Å². The minimum absolute atomic E-state index is 0.0628. The van der Waals surface area contributed by atoms with Gasteiger partial charge in [-0.15, -0.1) is 0 Å². The lowest BCUT2D eigenvalue weighted by Gasteiger charge is -2.42. The highest BCUT2D eigenvalue weighted by Crippen LogP contribution is 2.45. The summed E-state index contributed by atoms with van der Waals surface area (Å²) in [7, 11) is -3.51. The number of benzene rings is 1. The summed E-state index contributed by atoms with van der Waals surface area (Å²) >= 11 is 0. The van der Waals surface area contributed by atoms with Crippen molar-refractivity contribution in [3.8, 4) is 0 Å². The Kier molecular flexibility index (Phi) is 4.32. The Bertz CT molecular complexity index is 1010. The van der Waals surface area contributed by atoms with Gasteiger partial charge in [0.05, 0.1) is 10.8 Å². The number of carbonyl (C=O) groups excluding carboxylic acids is 1. The normalized spacial score (nSPS) is 26.5. The van der Waals surface area contributed by atoms with Crippen LogP contribution < -0.4 is 10.2 Å². The second-order valence-corrected chi connectivity index (χ2v) is 9.97. The molecule has 3 aliphatic heterocycles. The molecule has 3 saturated heterocycles. The van der Waals surface area contributed by atoms with Crippen molar-refractivity contribution in [1.82, 2.24) is 19.6 Å². The van der Waals surface area contributed by atoms with Crippen LogP contribution in [-0.4, -0.2) is 60.3 Å². The van der Waals surface area contributed by atoms with Crippen LogP contribution in [-0.2, 0) is 14.8 Å². The molecule has 1 amide bonds. The molecule has 0 radical (unpaired) electrons. The Morgan fingerprint density at radius 3 is 2.38 bits per heavy atom. The zero-order valence-electron chi connectivity index (χ0n) is 15.9. The Morgan fingerprint density at radius 1 is 1.00 bits per heavy atom. The number of piperidine rings is 1. The van der Waals surface area contributed by atoms with Crippen LogP contribution in [0, 0.1) is 11.8 Å². The van der Waals surface area contributed by atoms with Gasteiger partial charge in [-0.25, -0.2) is 18.4 Å². The second-order valence-electron chi connectivity index (χ2n) is 8.03. The van der Waals surface area contributed by atoms with Gasteiger partial charge in [0.25, 0.3) is 0 Å². The number of amides is 1. The van der Waals surface area contributed by atoms with E-state index in [1.807, 2.05) is 0 Å². The van der Waals surface area contributed by atoms with Gasteiger partial charge in [0.15, 0.2) is 0 Å². The molecule has 29 heavy (non-hydrogen) atoms. The molecule has 0 aliphatic carbocycles. The average Bonchev–Trinajstić information content (AvgIpc) is 3.30. The summed E-state index contributed by atoms with van der Waals surface area (Å²) in [5.74, 6) is 0.748. The molecule has 2 atom stereocenters. The third-order valence-electron chi connectivity index (χ3n) is 6.57. The van der Waals surface area contributed by atoms with Crippen LogP contribution in [0.15, 0.2) is 53.7 Å². The zero-order chi connectivity index (χ0) is 20.1. The highest BCUT2D eigenvalue weighted by molar-refractivity contribution is 7.89. The lowest BCUT2D eigenvalue weighted by atomic mass is 9.76. The van der Waals surface area contributed by atoms with Crippen LogP contribution in [0.4, 0.5) is 5.95 Å². The fourth-order valence-electron chi connectivity index (χ4n) is 5.04. The fraction of sp³-hybridized carbons (Fsp3) is 0.450. The molecular weight excluding hydrogens is 390 g/mol. The van der Waals surface area contributed by atoms with E-state index in [9.17, 15) is 13.2 Å². The average molecular weight is 414 g/mol. The molecule has 8 nitrogen and oxygen atoms in total. The number of nitrogens with zero attached hydrogens (tertiary/aromatic N) is 4. The molecule has 2 aromatic rings. The van der Waals surface area contributed by atoms with Crippen LogP contribution in [0.5, 0.6) is 0 Å². The van der Waals surface area contributed by atoms with Gasteiger partial charge < -0.3 is 10.2 Å². The van der Waals surface area contributed by atoms with E-state index < -0.39 is 10.0 Å². The molecule has 3 fully saturated rings. The van der Waals surface area contributed by atoms with Crippen LogP contribution in [0.2, 0.25) is 0 Å². The van der Waals surface area contributed by atoms with Gasteiger partial charge in [0, 0.05) is 50.0 Å². The van der Waals surface area contributed by atoms with Crippen molar-refractivity contribution in [2.75, 3.05) is 31.1 Å². The molecule has 152 valence electrons. The molecule has 4 heterocycles. The number of sulfonamides is 1. The summed E-state index contributed by atoms with van der Waals surface area (Å²) in [6.45, 7) is 2.12. The van der Waals surface area contributed by atoms with Crippen molar-refractivity contribution in [1.29, 1.82) is 0 Å². The molecular formula is C20H23N5O3S. The smallest absolute Gasteiger partial charge is 0.243 e. The van der Waals surface area contributed by atoms with Crippen molar-refractivity contribution in [2.24, 2.45) is 11.8 Å². The quantitative estimate of drug-likeness (QED) is 0.803. The molecule has 5 rings (SSSR count). The lowest BCUT2D eigenvalue weighted by Crippen LogP contribution is -2.56. The Labute approximate surface area is 170 Å². The first-order valence-corrected chi connectivity index (χ1v) is 11.3. The maximum Gasteiger partial charge on any atom is 0.243 e. The highest BCUT2D eigenvalue weighted by Gasteiger charge is 2.58. The third-order valence-corrected chi connectivity index (χ3v) is 8.48. The Balaban J connectivity index is 1.34. The second kappa shape index (κ2) is 6.77. The number of nitrogens with one attached hydrogen (secondary N) is 1. The number of rotatable bonds is 3. The lowest BCUT2D eigenvalue weighted by molar-refractivity contribution is -0.122. The molecule has 0 unspecified atom stereocenters. The van der Waals surface area contributed by atoms with Crippen molar-refractivity contribution in [2.45, 2.75) is 23.3 Å². The molecule has 0 bridgehead atoms. The summed E-state index contributed by atoms with van der Waals surface area (Å²) in [6, 6.07) is 10.3. The van der Waals surface area contributed by atoms with Gasteiger partial charge in [-0.3, -0.25) is 4.79 Å². The van der Waals surface area contributed by atoms with Crippen molar-refractivity contribution < 1.29 is 13.2 Å². The summed E-state index contributed by atoms with van der Waals surface area (Å²) in [5.41, 5.74) is -0.353. The number of hydrogen-bond donors (Lipinski definition) is 1. The van der Waals surface area contributed by atoms with Gasteiger partial charge in [-0.2, -0.15) is 4.31 Å². The van der Waals surface area contributed by atoms with Gasteiger partial charge >= 0.3 is 0 Å². The van der Waals surface area contributed by atoms with E-state index in [4.69, 9.17) is 0 Å². The van der Waals surface area contributed by atoms with E-state index in [1.165, 1.54) is 0 Å². The van der Waals surface area contributed by atoms with Gasteiger partial charge in [0.2, 0.25) is 21.9 Å². The highest BCUT2D eigenvalue weighted by atomic mass is 32.2. The Morgan fingerprint density at radius 2 is 1.69 bits per heavy atom. The number of carbonyl (C=O) groups is 1. The largest absolute Gasteiger partial charge is 0.350 e. The molecule has 0 saturated carbocycles. The van der Waals surface area contributed by atoms with Gasteiger partial charge in [-0.05, 0) is 31.0 Å². The van der Waals surface area contributed by atoms with E-state index in [1.54, 1.807) is 53.1 Å². The maximum absolute atomic E-state index is 12.9. The zero-order valence-corrected chi connectivity index (χ0v) is 16.8. The van der Waals surface area contributed by atoms with Crippen molar-refractivity contribution >= 4 is 21.9 Å². The van der Waals surface area contributed by atoms with E-state index >= 15 is 0 Å².